The minimum Gasteiger partial charge on any atom is -0.435 e. The van der Waals surface area contributed by atoms with E-state index in [1.165, 1.54) is 6.07 Å². The topological polar surface area (TPSA) is 133 Å². The number of aldehydes is 1. The van der Waals surface area contributed by atoms with Crippen LogP contribution in [0.25, 0.3) is 39.3 Å². The Morgan fingerprint density at radius 1 is 1.11 bits per heavy atom. The van der Waals surface area contributed by atoms with Gasteiger partial charge in [-0.3, -0.25) is 14.1 Å². The molecule has 1 fully saturated rings. The van der Waals surface area contributed by atoms with Crippen LogP contribution in [0.2, 0.25) is 0 Å². The van der Waals surface area contributed by atoms with Gasteiger partial charge in [0.05, 0.1) is 23.6 Å². The van der Waals surface area contributed by atoms with Crippen molar-refractivity contribution in [2.24, 2.45) is 0 Å². The Kier molecular flexibility index (Phi) is 6.89. The zero-order chi connectivity index (χ0) is 30.4. The van der Waals surface area contributed by atoms with Gasteiger partial charge in [0.1, 0.15) is 17.9 Å². The fraction of sp³-hybridized carbons (Fsp3) is 0.206. The molecule has 3 aromatic heterocycles. The number of nitrogens with zero attached hydrogens (tertiary/aromatic N) is 6. The Hall–Kier alpha value is -5.37. The maximum absolute atomic E-state index is 11.4. The maximum Gasteiger partial charge on any atom is 0.227 e. The van der Waals surface area contributed by atoms with E-state index in [2.05, 4.69) is 50.3 Å². The largest absolute Gasteiger partial charge is 0.435 e. The first-order valence-corrected chi connectivity index (χ1v) is 14.4. The highest BCUT2D eigenvalue weighted by molar-refractivity contribution is 5.90. The van der Waals surface area contributed by atoms with E-state index in [-0.39, 0.29) is 11.7 Å². The summed E-state index contributed by atoms with van der Waals surface area (Å²) in [5.41, 5.74) is 9.02. The summed E-state index contributed by atoms with van der Waals surface area (Å²) in [6, 6.07) is 17.3. The Labute approximate surface area is 253 Å². The molecule has 1 saturated heterocycles. The highest BCUT2D eigenvalue weighted by atomic mass is 16.3. The van der Waals surface area contributed by atoms with Gasteiger partial charge in [0.25, 0.3) is 0 Å². The van der Waals surface area contributed by atoms with Crippen LogP contribution in [0.4, 0.5) is 11.5 Å². The molecule has 0 unspecified atom stereocenters. The Morgan fingerprint density at radius 2 is 1.91 bits per heavy atom. The maximum atomic E-state index is 11.4. The number of aromatic nitrogens is 4. The number of fused-ring (bicyclic) bond motifs is 2. The second kappa shape index (κ2) is 11.0. The van der Waals surface area contributed by atoms with Crippen LogP contribution in [0.15, 0.2) is 71.5 Å². The van der Waals surface area contributed by atoms with Gasteiger partial charge < -0.3 is 14.8 Å². The second-order valence-electron chi connectivity index (χ2n) is 11.1. The highest BCUT2D eigenvalue weighted by Crippen LogP contribution is 2.37. The first kappa shape index (κ1) is 27.5. The molecule has 218 valence electrons. The van der Waals surface area contributed by atoms with Gasteiger partial charge in [-0.25, -0.2) is 15.0 Å². The van der Waals surface area contributed by atoms with Crippen LogP contribution >= 0.6 is 0 Å². The SMILES string of the molecule is Cc1c(Nc2nccn3c(CN4CC[C@H](O)C4)cnc23)cccc1-c1cccc(-c2nc3cc(C=O)cc(C#N)c3o2)c1C. The van der Waals surface area contributed by atoms with Crippen molar-refractivity contribution in [3.63, 3.8) is 0 Å². The molecule has 0 bridgehead atoms. The van der Waals surface area contributed by atoms with E-state index in [1.54, 1.807) is 12.3 Å². The van der Waals surface area contributed by atoms with E-state index in [0.717, 1.165) is 57.8 Å². The number of anilines is 2. The lowest BCUT2D eigenvalue weighted by molar-refractivity contribution is 0.112. The Morgan fingerprint density at radius 3 is 2.68 bits per heavy atom. The predicted octanol–water partition coefficient (Wildman–Crippen LogP) is 5.82. The van der Waals surface area contributed by atoms with Crippen molar-refractivity contribution in [1.29, 1.82) is 5.26 Å². The average Bonchev–Trinajstić information content (AvgIpc) is 3.77. The lowest BCUT2D eigenvalue weighted by atomic mass is 9.93. The first-order valence-electron chi connectivity index (χ1n) is 14.4. The number of nitriles is 1. The number of oxazole rings is 1. The van der Waals surface area contributed by atoms with E-state index in [4.69, 9.17) is 4.42 Å². The van der Waals surface area contributed by atoms with Crippen molar-refractivity contribution in [3.8, 4) is 28.7 Å². The minimum absolute atomic E-state index is 0.268. The third kappa shape index (κ3) is 4.78. The Bertz CT molecular complexity index is 2110. The molecule has 0 amide bonds. The molecule has 2 N–H and O–H groups in total. The fourth-order valence-corrected chi connectivity index (χ4v) is 6.03. The van der Waals surface area contributed by atoms with Gasteiger partial charge >= 0.3 is 0 Å². The third-order valence-corrected chi connectivity index (χ3v) is 8.35. The number of hydrogen-bond donors (Lipinski definition) is 2. The Balaban J connectivity index is 1.22. The summed E-state index contributed by atoms with van der Waals surface area (Å²) in [6.45, 7) is 6.34. The number of likely N-dealkylation sites (tertiary alicyclic amines) is 1. The summed E-state index contributed by atoms with van der Waals surface area (Å²) < 4.78 is 8.12. The molecule has 0 saturated carbocycles. The van der Waals surface area contributed by atoms with E-state index >= 15 is 0 Å². The zero-order valence-corrected chi connectivity index (χ0v) is 24.3. The molecule has 4 heterocycles. The number of aliphatic hydroxyl groups excluding tert-OH is 1. The molecule has 0 spiro atoms. The molecule has 7 rings (SSSR count). The number of hydrogen-bond acceptors (Lipinski definition) is 9. The monoisotopic (exact) mass is 583 g/mol. The fourth-order valence-electron chi connectivity index (χ4n) is 6.03. The zero-order valence-electron chi connectivity index (χ0n) is 24.3. The molecular formula is C34H29N7O3. The number of rotatable bonds is 7. The van der Waals surface area contributed by atoms with Crippen molar-refractivity contribution < 1.29 is 14.3 Å². The van der Waals surface area contributed by atoms with Crippen LogP contribution in [0, 0.1) is 25.2 Å². The van der Waals surface area contributed by atoms with E-state index in [1.807, 2.05) is 48.0 Å². The van der Waals surface area contributed by atoms with Gasteiger partial charge in [-0.2, -0.15) is 5.26 Å². The van der Waals surface area contributed by atoms with Crippen molar-refractivity contribution in [3.05, 3.63) is 95.1 Å². The van der Waals surface area contributed by atoms with Gasteiger partial charge in [0.2, 0.25) is 5.89 Å². The van der Waals surface area contributed by atoms with Gasteiger partial charge in [-0.1, -0.05) is 24.3 Å². The minimum atomic E-state index is -0.268. The van der Waals surface area contributed by atoms with Crippen molar-refractivity contribution in [2.45, 2.75) is 32.9 Å². The standard InChI is InChI=1S/C34H29N7O3/c1-20-26(5-3-7-28(20)34-39-30-14-22(19-42)13-23(15-35)31(30)44-34)27-6-4-8-29(21(27)2)38-32-33-37-16-24(41(33)12-10-36-32)17-40-11-9-25(43)18-40/h3-8,10,12-14,16,19,25,43H,9,11,17-18H2,1-2H3,(H,36,38)/t25-/m0/s1. The summed E-state index contributed by atoms with van der Waals surface area (Å²) in [7, 11) is 0. The van der Waals surface area contributed by atoms with Crippen LogP contribution in [0.1, 0.15) is 39.2 Å². The molecule has 3 aromatic carbocycles. The molecule has 44 heavy (non-hydrogen) atoms. The molecule has 1 aliphatic rings. The number of benzene rings is 3. The number of carbonyl (C=O) groups is 1. The first-order chi connectivity index (χ1) is 21.4. The van der Waals surface area contributed by atoms with Crippen LogP contribution in [-0.4, -0.2) is 54.8 Å². The van der Waals surface area contributed by atoms with Crippen LogP contribution in [-0.2, 0) is 6.54 Å². The van der Waals surface area contributed by atoms with E-state index in [9.17, 15) is 15.2 Å². The number of aliphatic hydroxyl groups is 1. The number of carbonyl (C=O) groups excluding carboxylic acids is 1. The molecule has 10 nitrogen and oxygen atoms in total. The van der Waals surface area contributed by atoms with Gasteiger partial charge in [0, 0.05) is 48.8 Å². The summed E-state index contributed by atoms with van der Waals surface area (Å²) in [5, 5.41) is 23.0. The second-order valence-corrected chi connectivity index (χ2v) is 11.1. The smallest absolute Gasteiger partial charge is 0.227 e. The summed E-state index contributed by atoms with van der Waals surface area (Å²) in [6.07, 6.45) is 6.78. The summed E-state index contributed by atoms with van der Waals surface area (Å²) in [4.78, 5) is 27.5. The van der Waals surface area contributed by atoms with E-state index in [0.29, 0.717) is 47.7 Å². The van der Waals surface area contributed by atoms with Crippen molar-refractivity contribution in [2.75, 3.05) is 18.4 Å². The predicted molar refractivity (Wildman–Crippen MR) is 167 cm³/mol. The quantitative estimate of drug-likeness (QED) is 0.223. The molecule has 1 aliphatic heterocycles. The molecule has 0 aliphatic carbocycles. The normalized spacial score (nSPS) is 15.2. The van der Waals surface area contributed by atoms with Crippen LogP contribution in [0.5, 0.6) is 0 Å². The molecule has 0 radical (unpaired) electrons. The highest BCUT2D eigenvalue weighted by Gasteiger charge is 2.22. The van der Waals surface area contributed by atoms with E-state index < -0.39 is 0 Å². The lowest BCUT2D eigenvalue weighted by Gasteiger charge is -2.16. The molecule has 1 atom stereocenters. The number of imidazole rings is 1. The van der Waals surface area contributed by atoms with Gasteiger partial charge in [0.15, 0.2) is 17.0 Å². The van der Waals surface area contributed by atoms with Crippen LogP contribution in [0.3, 0.4) is 0 Å². The summed E-state index contributed by atoms with van der Waals surface area (Å²) >= 11 is 0. The van der Waals surface area contributed by atoms with Gasteiger partial charge in [-0.15, -0.1) is 0 Å². The lowest BCUT2D eigenvalue weighted by Crippen LogP contribution is -2.22. The molecular weight excluding hydrogens is 554 g/mol. The molecule has 6 aromatic rings. The number of nitrogens with one attached hydrogen (secondary N) is 1. The third-order valence-electron chi connectivity index (χ3n) is 8.35. The van der Waals surface area contributed by atoms with Crippen LogP contribution < -0.4 is 5.32 Å². The van der Waals surface area contributed by atoms with Gasteiger partial charge in [-0.05, 0) is 66.8 Å². The van der Waals surface area contributed by atoms with Crippen molar-refractivity contribution >= 4 is 34.5 Å². The summed E-state index contributed by atoms with van der Waals surface area (Å²) in [5.74, 6) is 1.04. The van der Waals surface area contributed by atoms with Crippen molar-refractivity contribution in [1.82, 2.24) is 24.3 Å². The molecule has 10 heteroatoms. The number of β-amino-alcohol motifs (C(OH)–C–C–N with tert-alkyl or cyclic N) is 1. The average molecular weight is 584 g/mol.